The van der Waals surface area contributed by atoms with Gasteiger partial charge in [0.1, 0.15) is 0 Å². The molecule has 8 heteroatoms. The van der Waals surface area contributed by atoms with Crippen molar-refractivity contribution in [1.29, 1.82) is 0 Å². The Bertz CT molecular complexity index is 730. The largest absolute Gasteiger partial charge is 0.466 e. The number of thiazole rings is 1. The maximum absolute atomic E-state index is 12.0. The number of benzene rings is 1. The zero-order valence-electron chi connectivity index (χ0n) is 15.2. The van der Waals surface area contributed by atoms with Crippen LogP contribution in [0, 0.1) is 0 Å². The minimum Gasteiger partial charge on any atom is -0.466 e. The number of hydrogen-bond acceptors (Lipinski definition) is 7. The molecule has 0 fully saturated rings. The highest BCUT2D eigenvalue weighted by atomic mass is 32.2. The first-order chi connectivity index (χ1) is 12.5. The lowest BCUT2D eigenvalue weighted by atomic mass is 10.2. The summed E-state index contributed by atoms with van der Waals surface area (Å²) in [7, 11) is 3.98. The van der Waals surface area contributed by atoms with E-state index < -0.39 is 0 Å². The normalized spacial score (nSPS) is 10.4. The van der Waals surface area contributed by atoms with Crippen molar-refractivity contribution >= 4 is 40.7 Å². The van der Waals surface area contributed by atoms with E-state index in [1.807, 2.05) is 48.6 Å². The van der Waals surface area contributed by atoms with Crippen LogP contribution in [-0.4, -0.2) is 43.3 Å². The first-order valence-electron chi connectivity index (χ1n) is 8.23. The summed E-state index contributed by atoms with van der Waals surface area (Å²) in [6, 6.07) is 8.06. The van der Waals surface area contributed by atoms with Crippen LogP contribution in [0.4, 0.5) is 5.69 Å². The topological polar surface area (TPSA) is 71.5 Å². The molecule has 26 heavy (non-hydrogen) atoms. The number of amides is 1. The van der Waals surface area contributed by atoms with Crippen molar-refractivity contribution in [3.8, 4) is 0 Å². The van der Waals surface area contributed by atoms with E-state index >= 15 is 0 Å². The van der Waals surface area contributed by atoms with E-state index in [4.69, 9.17) is 4.74 Å². The van der Waals surface area contributed by atoms with Gasteiger partial charge < -0.3 is 15.0 Å². The lowest BCUT2D eigenvalue weighted by Gasteiger charge is -2.12. The van der Waals surface area contributed by atoms with Crippen LogP contribution in [0.1, 0.15) is 18.2 Å². The molecule has 1 N–H and O–H groups in total. The minimum atomic E-state index is -0.285. The van der Waals surface area contributed by atoms with E-state index in [9.17, 15) is 9.59 Å². The third-order valence-electron chi connectivity index (χ3n) is 3.43. The van der Waals surface area contributed by atoms with Crippen LogP contribution in [-0.2, 0) is 27.3 Å². The number of ether oxygens (including phenoxy) is 1. The molecule has 0 saturated heterocycles. The average molecular weight is 394 g/mol. The van der Waals surface area contributed by atoms with Crippen LogP contribution in [0.25, 0.3) is 0 Å². The predicted octanol–water partition coefficient (Wildman–Crippen LogP) is 2.72. The van der Waals surface area contributed by atoms with Gasteiger partial charge in [-0.3, -0.25) is 9.59 Å². The third kappa shape index (κ3) is 6.68. The van der Waals surface area contributed by atoms with Gasteiger partial charge in [-0.05, 0) is 24.6 Å². The summed E-state index contributed by atoms with van der Waals surface area (Å²) in [5.41, 5.74) is 2.86. The molecule has 0 atom stereocenters. The molecule has 2 rings (SSSR count). The molecule has 0 aliphatic heterocycles. The molecule has 1 heterocycles. The second kappa shape index (κ2) is 10.2. The molecular weight excluding hydrogens is 370 g/mol. The minimum absolute atomic E-state index is 0.0474. The van der Waals surface area contributed by atoms with Gasteiger partial charge in [0.25, 0.3) is 0 Å². The highest BCUT2D eigenvalue weighted by molar-refractivity contribution is 8.01. The van der Waals surface area contributed by atoms with E-state index in [2.05, 4.69) is 10.3 Å². The van der Waals surface area contributed by atoms with Crippen molar-refractivity contribution < 1.29 is 14.3 Å². The molecule has 0 radical (unpaired) electrons. The molecule has 0 saturated carbocycles. The maximum atomic E-state index is 12.0. The number of carbonyl (C=O) groups excluding carboxylic acids is 2. The molecule has 140 valence electrons. The van der Waals surface area contributed by atoms with Crippen LogP contribution in [0.15, 0.2) is 34.0 Å². The monoisotopic (exact) mass is 393 g/mol. The Morgan fingerprint density at radius 1 is 1.27 bits per heavy atom. The molecule has 0 aliphatic carbocycles. The lowest BCUT2D eigenvalue weighted by molar-refractivity contribution is -0.142. The summed E-state index contributed by atoms with van der Waals surface area (Å²) in [5, 5.41) is 4.73. The standard InChI is InChI=1S/C18H23N3O3S2/c1-4-24-17(23)9-14-11-25-18(20-14)26-12-16(22)19-10-13-5-7-15(8-6-13)21(2)3/h5-8,11H,4,9-10,12H2,1-3H3,(H,19,22). The summed E-state index contributed by atoms with van der Waals surface area (Å²) >= 11 is 2.80. The Morgan fingerprint density at radius 2 is 2.00 bits per heavy atom. The molecule has 0 spiro atoms. The van der Waals surface area contributed by atoms with Crippen molar-refractivity contribution in [3.05, 3.63) is 40.9 Å². The summed E-state index contributed by atoms with van der Waals surface area (Å²) in [4.78, 5) is 29.8. The highest BCUT2D eigenvalue weighted by Gasteiger charge is 2.10. The maximum Gasteiger partial charge on any atom is 0.311 e. The number of carbonyl (C=O) groups is 2. The van der Waals surface area contributed by atoms with E-state index in [1.54, 1.807) is 6.92 Å². The van der Waals surface area contributed by atoms with Crippen molar-refractivity contribution in [3.63, 3.8) is 0 Å². The fourth-order valence-electron chi connectivity index (χ4n) is 2.09. The zero-order valence-corrected chi connectivity index (χ0v) is 16.8. The van der Waals surface area contributed by atoms with Crippen LogP contribution in [0.2, 0.25) is 0 Å². The van der Waals surface area contributed by atoms with E-state index in [1.165, 1.54) is 23.1 Å². The molecule has 6 nitrogen and oxygen atoms in total. The Hall–Kier alpha value is -2.06. The van der Waals surface area contributed by atoms with Gasteiger partial charge >= 0.3 is 5.97 Å². The van der Waals surface area contributed by atoms with Gasteiger partial charge in [0.2, 0.25) is 5.91 Å². The quantitative estimate of drug-likeness (QED) is 0.522. The molecule has 2 aromatic rings. The SMILES string of the molecule is CCOC(=O)Cc1csc(SCC(=O)NCc2ccc(N(C)C)cc2)n1. The van der Waals surface area contributed by atoms with Crippen molar-refractivity contribution in [1.82, 2.24) is 10.3 Å². The van der Waals surface area contributed by atoms with Crippen LogP contribution in [0.3, 0.4) is 0 Å². The van der Waals surface area contributed by atoms with Gasteiger partial charge in [-0.15, -0.1) is 11.3 Å². The number of thioether (sulfide) groups is 1. The van der Waals surface area contributed by atoms with Gasteiger partial charge in [0.05, 0.1) is 24.5 Å². The van der Waals surface area contributed by atoms with Crippen molar-refractivity contribution in [2.45, 2.75) is 24.2 Å². The number of aromatic nitrogens is 1. The summed E-state index contributed by atoms with van der Waals surface area (Å²) < 4.78 is 5.67. The van der Waals surface area contributed by atoms with E-state index in [0.717, 1.165) is 15.6 Å². The highest BCUT2D eigenvalue weighted by Crippen LogP contribution is 2.22. The second-order valence-electron chi connectivity index (χ2n) is 5.71. The van der Waals surface area contributed by atoms with Gasteiger partial charge in [-0.2, -0.15) is 0 Å². The first-order valence-corrected chi connectivity index (χ1v) is 10.1. The number of esters is 1. The zero-order chi connectivity index (χ0) is 18.9. The van der Waals surface area contributed by atoms with Crippen LogP contribution >= 0.6 is 23.1 Å². The molecule has 0 aliphatic rings. The van der Waals surface area contributed by atoms with Crippen molar-refractivity contribution in [2.24, 2.45) is 0 Å². The van der Waals surface area contributed by atoms with Gasteiger partial charge in [-0.25, -0.2) is 4.98 Å². The lowest BCUT2D eigenvalue weighted by Crippen LogP contribution is -2.24. The molecule has 1 amide bonds. The van der Waals surface area contributed by atoms with Crippen LogP contribution in [0.5, 0.6) is 0 Å². The summed E-state index contributed by atoms with van der Waals surface area (Å²) in [6.07, 6.45) is 0.167. The van der Waals surface area contributed by atoms with Gasteiger partial charge in [0.15, 0.2) is 4.34 Å². The van der Waals surface area contributed by atoms with Crippen LogP contribution < -0.4 is 10.2 Å². The Balaban J connectivity index is 1.73. The van der Waals surface area contributed by atoms with Crippen molar-refractivity contribution in [2.75, 3.05) is 31.4 Å². The Morgan fingerprint density at radius 3 is 2.65 bits per heavy atom. The Kier molecular flexibility index (Phi) is 7.93. The molecular formula is C18H23N3O3S2. The second-order valence-corrected chi connectivity index (χ2v) is 7.79. The number of rotatable bonds is 9. The molecule has 1 aromatic heterocycles. The first kappa shape index (κ1) is 20.3. The fraction of sp³-hybridized carbons (Fsp3) is 0.389. The van der Waals surface area contributed by atoms with E-state index in [-0.39, 0.29) is 18.3 Å². The number of anilines is 1. The number of hydrogen-bond donors (Lipinski definition) is 1. The smallest absolute Gasteiger partial charge is 0.311 e. The Labute approximate surface area is 162 Å². The fourth-order valence-corrected chi connectivity index (χ4v) is 3.76. The molecule has 0 unspecified atom stereocenters. The predicted molar refractivity (Wildman–Crippen MR) is 106 cm³/mol. The van der Waals surface area contributed by atoms with Gasteiger partial charge in [-0.1, -0.05) is 23.9 Å². The average Bonchev–Trinajstić information content (AvgIpc) is 3.06. The summed E-state index contributed by atoms with van der Waals surface area (Å²) in [5.74, 6) is -0.0384. The van der Waals surface area contributed by atoms with Gasteiger partial charge in [0, 0.05) is 31.7 Å². The van der Waals surface area contributed by atoms with E-state index in [0.29, 0.717) is 24.6 Å². The summed E-state index contributed by atoms with van der Waals surface area (Å²) in [6.45, 7) is 2.64. The third-order valence-corrected chi connectivity index (χ3v) is 5.50. The molecule has 1 aromatic carbocycles. The number of nitrogens with zero attached hydrogens (tertiary/aromatic N) is 2. The number of nitrogens with one attached hydrogen (secondary N) is 1. The molecule has 0 bridgehead atoms.